The molecule has 6 nitrogen and oxygen atoms in total. The third kappa shape index (κ3) is 34.7. The number of nitrogens with zero attached hydrogens (tertiary/aromatic N) is 1. The van der Waals surface area contributed by atoms with Crippen LogP contribution in [0.1, 0.15) is 219 Å². The molecule has 0 saturated heterocycles. The number of unbranched alkanes of at least 4 members (excludes halogenated alkanes) is 28. The lowest BCUT2D eigenvalue weighted by Crippen LogP contribution is -2.48. The van der Waals surface area contributed by atoms with Gasteiger partial charge in [0.15, 0.2) is 12.8 Å². The van der Waals surface area contributed by atoms with E-state index in [0.29, 0.717) is 19.4 Å². The summed E-state index contributed by atoms with van der Waals surface area (Å²) in [5, 5.41) is 9.73. The zero-order valence-corrected chi connectivity index (χ0v) is 32.9. The molecule has 0 aromatic rings. The summed E-state index contributed by atoms with van der Waals surface area (Å²) in [7, 11) is 3.76. The van der Waals surface area contributed by atoms with Gasteiger partial charge in [-0.3, -0.25) is 9.59 Å². The predicted molar refractivity (Wildman–Crippen MR) is 204 cm³/mol. The molecule has 48 heavy (non-hydrogen) atoms. The largest absolute Gasteiger partial charge is 0.461 e. The Morgan fingerprint density at radius 2 is 0.771 bits per heavy atom. The van der Waals surface area contributed by atoms with Crippen molar-refractivity contribution in [2.75, 3.05) is 34.0 Å². The molecule has 0 aliphatic rings. The number of likely N-dealkylation sites (N-methyl/N-ethyl adjacent to an activating group) is 1. The average Bonchev–Trinajstić information content (AvgIpc) is 3.07. The van der Waals surface area contributed by atoms with Crippen LogP contribution in [-0.4, -0.2) is 61.6 Å². The lowest BCUT2D eigenvalue weighted by molar-refractivity contribution is -0.911. The summed E-state index contributed by atoms with van der Waals surface area (Å²) < 4.78 is 11.6. The van der Waals surface area contributed by atoms with Crippen molar-refractivity contribution in [3.63, 3.8) is 0 Å². The van der Waals surface area contributed by atoms with E-state index in [1.54, 1.807) is 0 Å². The Labute approximate surface area is 299 Å². The number of carbonyl (C=O) groups is 2. The Balaban J connectivity index is 3.90. The first kappa shape index (κ1) is 46.9. The molecular formula is C42H84NO5+. The molecule has 0 aromatic carbocycles. The molecular weight excluding hydrogens is 598 g/mol. The summed E-state index contributed by atoms with van der Waals surface area (Å²) in [6, 6.07) is 0. The average molecular weight is 683 g/mol. The van der Waals surface area contributed by atoms with Gasteiger partial charge in [-0.2, -0.15) is 0 Å². The minimum absolute atomic E-state index is 0.0594. The van der Waals surface area contributed by atoms with E-state index in [1.165, 1.54) is 167 Å². The standard InChI is InChI=1S/C42H84NO5/c1-5-7-9-11-13-15-17-19-21-23-25-27-29-31-33-35-41(45)47-38-40(37-43(3,4)39-44)48-42(46)36-34-32-30-28-26-24-22-20-18-16-14-12-10-8-6-2/h40,44H,5-39H2,1-4H3/q+1. The Morgan fingerprint density at radius 3 is 1.08 bits per heavy atom. The molecule has 0 aromatic heterocycles. The fourth-order valence-electron chi connectivity index (χ4n) is 6.52. The van der Waals surface area contributed by atoms with E-state index < -0.39 is 6.10 Å². The minimum Gasteiger partial charge on any atom is -0.461 e. The highest BCUT2D eigenvalue weighted by atomic mass is 16.6. The van der Waals surface area contributed by atoms with Crippen LogP contribution in [-0.2, 0) is 19.1 Å². The van der Waals surface area contributed by atoms with Gasteiger partial charge in [-0.15, -0.1) is 0 Å². The number of hydrogen-bond donors (Lipinski definition) is 1. The lowest BCUT2D eigenvalue weighted by Gasteiger charge is -2.30. The van der Waals surface area contributed by atoms with Crippen molar-refractivity contribution >= 4 is 11.9 Å². The van der Waals surface area contributed by atoms with Gasteiger partial charge < -0.3 is 19.1 Å². The van der Waals surface area contributed by atoms with Crippen LogP contribution in [0.4, 0.5) is 0 Å². The van der Waals surface area contributed by atoms with E-state index in [1.807, 2.05) is 14.1 Å². The molecule has 1 atom stereocenters. The van der Waals surface area contributed by atoms with Crippen molar-refractivity contribution in [1.29, 1.82) is 0 Å². The second-order valence-electron chi connectivity index (χ2n) is 15.5. The Hall–Kier alpha value is -1.14. The third-order valence-electron chi connectivity index (χ3n) is 9.78. The van der Waals surface area contributed by atoms with Crippen LogP contribution in [0.3, 0.4) is 0 Å². The van der Waals surface area contributed by atoms with Crippen LogP contribution in [0, 0.1) is 0 Å². The van der Waals surface area contributed by atoms with E-state index in [9.17, 15) is 14.7 Å². The number of aliphatic hydroxyl groups is 1. The SMILES string of the molecule is CCCCCCCCCCCCCCCCCC(=O)OCC(C[N+](C)(C)CO)OC(=O)CCCCCCCCCCCCCCCCC. The molecule has 0 heterocycles. The zero-order valence-electron chi connectivity index (χ0n) is 32.9. The second-order valence-corrected chi connectivity index (χ2v) is 15.5. The highest BCUT2D eigenvalue weighted by Gasteiger charge is 2.26. The zero-order chi connectivity index (χ0) is 35.4. The number of carbonyl (C=O) groups excluding carboxylic acids is 2. The first-order valence-corrected chi connectivity index (χ1v) is 21.1. The van der Waals surface area contributed by atoms with Gasteiger partial charge >= 0.3 is 11.9 Å². The van der Waals surface area contributed by atoms with Crippen molar-refractivity contribution in [2.45, 2.75) is 225 Å². The molecule has 6 heteroatoms. The smallest absolute Gasteiger partial charge is 0.306 e. The van der Waals surface area contributed by atoms with Crippen molar-refractivity contribution in [2.24, 2.45) is 0 Å². The van der Waals surface area contributed by atoms with Crippen LogP contribution in [0.2, 0.25) is 0 Å². The molecule has 0 saturated carbocycles. The molecule has 1 unspecified atom stereocenters. The number of quaternary nitrogens is 1. The Morgan fingerprint density at radius 1 is 0.479 bits per heavy atom. The molecule has 0 fully saturated rings. The van der Waals surface area contributed by atoms with Crippen molar-refractivity contribution in [3.8, 4) is 0 Å². The number of aliphatic hydroxyl groups excluding tert-OH is 1. The monoisotopic (exact) mass is 683 g/mol. The van der Waals surface area contributed by atoms with Crippen molar-refractivity contribution in [3.05, 3.63) is 0 Å². The second kappa shape index (κ2) is 35.7. The van der Waals surface area contributed by atoms with Gasteiger partial charge in [0, 0.05) is 12.8 Å². The number of esters is 2. The lowest BCUT2D eigenvalue weighted by atomic mass is 10.0. The highest BCUT2D eigenvalue weighted by molar-refractivity contribution is 5.70. The first-order valence-electron chi connectivity index (χ1n) is 21.1. The predicted octanol–water partition coefficient (Wildman–Crippen LogP) is 12.0. The molecule has 0 spiro atoms. The van der Waals surface area contributed by atoms with Gasteiger partial charge in [0.05, 0.1) is 14.1 Å². The van der Waals surface area contributed by atoms with Gasteiger partial charge in [-0.1, -0.05) is 194 Å². The maximum atomic E-state index is 12.6. The van der Waals surface area contributed by atoms with Gasteiger partial charge in [0.1, 0.15) is 13.2 Å². The summed E-state index contributed by atoms with van der Waals surface area (Å²) in [6.07, 6.45) is 39.1. The van der Waals surface area contributed by atoms with Gasteiger partial charge in [-0.25, -0.2) is 0 Å². The fourth-order valence-corrected chi connectivity index (χ4v) is 6.52. The maximum Gasteiger partial charge on any atom is 0.306 e. The first-order chi connectivity index (χ1) is 23.3. The Bertz CT molecular complexity index is 698. The summed E-state index contributed by atoms with van der Waals surface area (Å²) in [5.41, 5.74) is 0. The summed E-state index contributed by atoms with van der Waals surface area (Å²) in [5.74, 6) is -0.450. The molecule has 0 aliphatic heterocycles. The summed E-state index contributed by atoms with van der Waals surface area (Å²) in [6.45, 7) is 4.95. The quantitative estimate of drug-likeness (QED) is 0.0304. The maximum absolute atomic E-state index is 12.6. The Kier molecular flexibility index (Phi) is 34.8. The molecule has 0 amide bonds. The number of rotatable bonds is 38. The van der Waals surface area contributed by atoms with Crippen molar-refractivity contribution < 1.29 is 28.7 Å². The number of hydrogen-bond acceptors (Lipinski definition) is 5. The van der Waals surface area contributed by atoms with Gasteiger partial charge in [0.25, 0.3) is 0 Å². The molecule has 0 radical (unpaired) electrons. The molecule has 0 aliphatic carbocycles. The van der Waals surface area contributed by atoms with Gasteiger partial charge in [-0.05, 0) is 12.8 Å². The number of ether oxygens (including phenoxy) is 2. The van der Waals surface area contributed by atoms with E-state index in [0.717, 1.165) is 25.7 Å². The molecule has 286 valence electrons. The van der Waals surface area contributed by atoms with Crippen molar-refractivity contribution in [1.82, 2.24) is 0 Å². The van der Waals surface area contributed by atoms with Crippen LogP contribution in [0.15, 0.2) is 0 Å². The highest BCUT2D eigenvalue weighted by Crippen LogP contribution is 2.16. The van der Waals surface area contributed by atoms with Crippen LogP contribution in [0.5, 0.6) is 0 Å². The molecule has 0 bridgehead atoms. The summed E-state index contributed by atoms with van der Waals surface area (Å²) >= 11 is 0. The third-order valence-corrected chi connectivity index (χ3v) is 9.78. The normalized spacial score (nSPS) is 12.4. The van der Waals surface area contributed by atoms with Gasteiger partial charge in [0.2, 0.25) is 0 Å². The summed E-state index contributed by atoms with van der Waals surface area (Å²) in [4.78, 5) is 25.0. The minimum atomic E-state index is -0.541. The van der Waals surface area contributed by atoms with E-state index in [2.05, 4.69) is 13.8 Å². The van der Waals surface area contributed by atoms with E-state index in [-0.39, 0.29) is 29.8 Å². The van der Waals surface area contributed by atoms with E-state index >= 15 is 0 Å². The molecule has 0 rings (SSSR count). The molecule has 1 N–H and O–H groups in total. The topological polar surface area (TPSA) is 72.8 Å². The van der Waals surface area contributed by atoms with Crippen LogP contribution < -0.4 is 0 Å². The van der Waals surface area contributed by atoms with Crippen LogP contribution >= 0.6 is 0 Å². The van der Waals surface area contributed by atoms with Crippen LogP contribution in [0.25, 0.3) is 0 Å². The fraction of sp³-hybridized carbons (Fsp3) is 0.952. The van der Waals surface area contributed by atoms with E-state index in [4.69, 9.17) is 9.47 Å².